The summed E-state index contributed by atoms with van der Waals surface area (Å²) in [6.07, 6.45) is 8.61. The van der Waals surface area contributed by atoms with Gasteiger partial charge < -0.3 is 9.47 Å². The predicted octanol–water partition coefficient (Wildman–Crippen LogP) is 3.34. The first kappa shape index (κ1) is 17.9. The highest BCUT2D eigenvalue weighted by Gasteiger charge is 2.25. The Bertz CT molecular complexity index is 939. The number of hydrogen-bond donors (Lipinski definition) is 0. The molecular formula is C20H23N5OS. The van der Waals surface area contributed by atoms with Crippen LogP contribution in [0, 0.1) is 12.8 Å². The van der Waals surface area contributed by atoms with E-state index in [0.29, 0.717) is 5.92 Å². The molecule has 1 aliphatic heterocycles. The number of carbonyl (C=O) groups excluding carboxylic acids is 1. The Morgan fingerprint density at radius 2 is 2.11 bits per heavy atom. The second-order valence-electron chi connectivity index (χ2n) is 7.15. The molecule has 1 amide bonds. The van der Waals surface area contributed by atoms with Gasteiger partial charge in [0, 0.05) is 26.3 Å². The van der Waals surface area contributed by atoms with Crippen LogP contribution in [0.15, 0.2) is 36.4 Å². The van der Waals surface area contributed by atoms with Gasteiger partial charge in [0.1, 0.15) is 4.88 Å². The molecule has 140 valence electrons. The van der Waals surface area contributed by atoms with Gasteiger partial charge >= 0.3 is 0 Å². The molecule has 0 bridgehead atoms. The number of nitrogens with zero attached hydrogens (tertiary/aromatic N) is 5. The molecule has 0 aromatic carbocycles. The SMILES string of the molecule is Cc1ncsc1C(=O)N1CCC(Cc2ccnc(-c3cncn3C)c2)CC1. The molecule has 3 aromatic heterocycles. The zero-order valence-corrected chi connectivity index (χ0v) is 16.4. The standard InChI is InChI=1S/C20H23N5OS/c1-14-19(27-13-23-14)20(26)25-7-4-15(5-8-25)9-16-3-6-22-17(10-16)18-11-21-12-24(18)2/h3,6,10-13,15H,4-5,7-9H2,1-2H3. The molecule has 0 N–H and O–H groups in total. The maximum atomic E-state index is 12.6. The third-order valence-electron chi connectivity index (χ3n) is 5.27. The lowest BCUT2D eigenvalue weighted by Crippen LogP contribution is -2.38. The molecule has 0 spiro atoms. The molecule has 7 heteroatoms. The van der Waals surface area contributed by atoms with Gasteiger partial charge in [-0.05, 0) is 49.8 Å². The highest BCUT2D eigenvalue weighted by Crippen LogP contribution is 2.25. The summed E-state index contributed by atoms with van der Waals surface area (Å²) in [5.41, 5.74) is 5.87. The van der Waals surface area contributed by atoms with E-state index in [9.17, 15) is 4.79 Å². The van der Waals surface area contributed by atoms with Crippen LogP contribution < -0.4 is 0 Å². The first-order valence-electron chi connectivity index (χ1n) is 9.23. The zero-order chi connectivity index (χ0) is 18.8. The van der Waals surface area contributed by atoms with Crippen LogP contribution >= 0.6 is 11.3 Å². The maximum Gasteiger partial charge on any atom is 0.265 e. The average Bonchev–Trinajstić information content (AvgIpc) is 3.30. The van der Waals surface area contributed by atoms with E-state index in [2.05, 4.69) is 27.1 Å². The van der Waals surface area contributed by atoms with Crippen molar-refractivity contribution in [3.63, 3.8) is 0 Å². The molecule has 6 nitrogen and oxygen atoms in total. The Kier molecular flexibility index (Phi) is 5.03. The van der Waals surface area contributed by atoms with Crippen LogP contribution in [0.3, 0.4) is 0 Å². The van der Waals surface area contributed by atoms with E-state index in [0.717, 1.165) is 54.3 Å². The number of hydrogen-bond acceptors (Lipinski definition) is 5. The fourth-order valence-electron chi connectivity index (χ4n) is 3.67. The number of aromatic nitrogens is 4. The summed E-state index contributed by atoms with van der Waals surface area (Å²) in [5, 5.41) is 0. The summed E-state index contributed by atoms with van der Waals surface area (Å²) < 4.78 is 1.98. The lowest BCUT2D eigenvalue weighted by atomic mass is 9.90. The Morgan fingerprint density at radius 1 is 1.30 bits per heavy atom. The molecule has 1 saturated heterocycles. The fourth-order valence-corrected chi connectivity index (χ4v) is 4.44. The predicted molar refractivity (Wildman–Crippen MR) is 106 cm³/mol. The molecular weight excluding hydrogens is 358 g/mol. The number of piperidine rings is 1. The Balaban J connectivity index is 1.38. The van der Waals surface area contributed by atoms with Gasteiger partial charge in [0.15, 0.2) is 0 Å². The van der Waals surface area contributed by atoms with Gasteiger partial charge in [0.05, 0.1) is 35.1 Å². The Labute approximate surface area is 162 Å². The summed E-state index contributed by atoms with van der Waals surface area (Å²) in [5.74, 6) is 0.731. The topological polar surface area (TPSA) is 63.9 Å². The number of amides is 1. The zero-order valence-electron chi connectivity index (χ0n) is 15.6. The van der Waals surface area contributed by atoms with Crippen molar-refractivity contribution in [3.8, 4) is 11.4 Å². The largest absolute Gasteiger partial charge is 0.338 e. The lowest BCUT2D eigenvalue weighted by Gasteiger charge is -2.32. The number of thiazole rings is 1. The van der Waals surface area contributed by atoms with Gasteiger partial charge in [-0.2, -0.15) is 0 Å². The Morgan fingerprint density at radius 3 is 2.78 bits per heavy atom. The minimum Gasteiger partial charge on any atom is -0.338 e. The molecule has 0 radical (unpaired) electrons. The van der Waals surface area contributed by atoms with Crippen LogP contribution in [-0.2, 0) is 13.5 Å². The monoisotopic (exact) mass is 381 g/mol. The smallest absolute Gasteiger partial charge is 0.265 e. The first-order chi connectivity index (χ1) is 13.1. The number of aryl methyl sites for hydroxylation is 2. The molecule has 3 aromatic rings. The van der Waals surface area contributed by atoms with Crippen molar-refractivity contribution < 1.29 is 4.79 Å². The van der Waals surface area contributed by atoms with E-state index in [1.54, 1.807) is 11.8 Å². The van der Waals surface area contributed by atoms with Crippen molar-refractivity contribution in [2.45, 2.75) is 26.2 Å². The van der Waals surface area contributed by atoms with Gasteiger partial charge in [-0.3, -0.25) is 9.78 Å². The summed E-state index contributed by atoms with van der Waals surface area (Å²) in [7, 11) is 1.98. The van der Waals surface area contributed by atoms with Gasteiger partial charge in [0.2, 0.25) is 0 Å². The molecule has 4 rings (SSSR count). The van der Waals surface area contributed by atoms with Crippen LogP contribution in [0.2, 0.25) is 0 Å². The molecule has 27 heavy (non-hydrogen) atoms. The normalized spacial score (nSPS) is 15.3. The first-order valence-corrected chi connectivity index (χ1v) is 10.1. The molecule has 0 aliphatic carbocycles. The van der Waals surface area contributed by atoms with Crippen molar-refractivity contribution >= 4 is 17.2 Å². The van der Waals surface area contributed by atoms with E-state index in [1.165, 1.54) is 16.9 Å². The lowest BCUT2D eigenvalue weighted by molar-refractivity contribution is 0.0694. The maximum absolute atomic E-state index is 12.6. The number of pyridine rings is 1. The van der Waals surface area contributed by atoms with Gasteiger partial charge in [-0.15, -0.1) is 11.3 Å². The minimum atomic E-state index is 0.135. The summed E-state index contributed by atoms with van der Waals surface area (Å²) in [4.78, 5) is 28.3. The second-order valence-corrected chi connectivity index (χ2v) is 8.00. The van der Waals surface area contributed by atoms with E-state index in [1.807, 2.05) is 35.8 Å². The molecule has 1 fully saturated rings. The van der Waals surface area contributed by atoms with Crippen LogP contribution in [0.4, 0.5) is 0 Å². The highest BCUT2D eigenvalue weighted by molar-refractivity contribution is 7.11. The average molecular weight is 382 g/mol. The van der Waals surface area contributed by atoms with E-state index < -0.39 is 0 Å². The minimum absolute atomic E-state index is 0.135. The third kappa shape index (κ3) is 3.78. The van der Waals surface area contributed by atoms with Gasteiger partial charge in [-0.25, -0.2) is 9.97 Å². The van der Waals surface area contributed by atoms with Crippen molar-refractivity contribution in [1.82, 2.24) is 24.4 Å². The second kappa shape index (κ2) is 7.60. The van der Waals surface area contributed by atoms with Gasteiger partial charge in [0.25, 0.3) is 5.91 Å². The number of likely N-dealkylation sites (tertiary alicyclic amines) is 1. The quantitative estimate of drug-likeness (QED) is 0.695. The van der Waals surface area contributed by atoms with E-state index in [-0.39, 0.29) is 5.91 Å². The third-order valence-corrected chi connectivity index (χ3v) is 6.19. The molecule has 1 aliphatic rings. The van der Waals surface area contributed by atoms with Crippen molar-refractivity contribution in [3.05, 3.63) is 52.5 Å². The number of imidazole rings is 1. The number of carbonyl (C=O) groups is 1. The molecule has 0 saturated carbocycles. The fraction of sp³-hybridized carbons (Fsp3) is 0.400. The van der Waals surface area contributed by atoms with Gasteiger partial charge in [-0.1, -0.05) is 0 Å². The van der Waals surface area contributed by atoms with Crippen molar-refractivity contribution in [2.75, 3.05) is 13.1 Å². The van der Waals surface area contributed by atoms with Crippen molar-refractivity contribution in [1.29, 1.82) is 0 Å². The molecule has 4 heterocycles. The van der Waals surface area contributed by atoms with Crippen LogP contribution in [0.1, 0.15) is 33.8 Å². The highest BCUT2D eigenvalue weighted by atomic mass is 32.1. The van der Waals surface area contributed by atoms with E-state index >= 15 is 0 Å². The summed E-state index contributed by atoms with van der Waals surface area (Å²) in [6.45, 7) is 3.54. The Hall–Kier alpha value is -2.54. The van der Waals surface area contributed by atoms with Crippen LogP contribution in [0.25, 0.3) is 11.4 Å². The molecule has 0 unspecified atom stereocenters. The van der Waals surface area contributed by atoms with Crippen LogP contribution in [-0.4, -0.2) is 43.4 Å². The van der Waals surface area contributed by atoms with Crippen molar-refractivity contribution in [2.24, 2.45) is 13.0 Å². The molecule has 0 atom stereocenters. The van der Waals surface area contributed by atoms with Crippen LogP contribution in [0.5, 0.6) is 0 Å². The van der Waals surface area contributed by atoms with E-state index in [4.69, 9.17) is 0 Å². The number of rotatable bonds is 4. The summed E-state index contributed by atoms with van der Waals surface area (Å²) >= 11 is 1.44. The summed E-state index contributed by atoms with van der Waals surface area (Å²) in [6, 6.07) is 4.26.